The molecule has 5 nitrogen and oxygen atoms in total. The molecule has 1 unspecified atom stereocenters. The molecule has 20 heavy (non-hydrogen) atoms. The predicted molar refractivity (Wildman–Crippen MR) is 84.0 cm³/mol. The highest BCUT2D eigenvalue weighted by Crippen LogP contribution is 2.34. The molecule has 3 N–H and O–H groups in total. The molecule has 0 bridgehead atoms. The Morgan fingerprint density at radius 3 is 2.70 bits per heavy atom. The number of halogens is 1. The lowest BCUT2D eigenvalue weighted by molar-refractivity contribution is -0.385. The van der Waals surface area contributed by atoms with Crippen LogP contribution in [-0.2, 0) is 0 Å². The van der Waals surface area contributed by atoms with E-state index in [-0.39, 0.29) is 16.7 Å². The molecule has 1 aliphatic rings. The number of hydrogen-bond donors (Lipinski definition) is 2. The summed E-state index contributed by atoms with van der Waals surface area (Å²) in [5.41, 5.74) is 7.55. The molecule has 2 rings (SSSR count). The van der Waals surface area contributed by atoms with Crippen molar-refractivity contribution in [2.24, 2.45) is 11.7 Å². The SMILES string of the molecule is Cc1cc(NC(CN)C2CCCC2)c(Br)cc1[N+](=O)[O-]. The maximum atomic E-state index is 10.9. The molecule has 6 heteroatoms. The summed E-state index contributed by atoms with van der Waals surface area (Å²) in [6.45, 7) is 2.33. The fourth-order valence-corrected chi connectivity index (χ4v) is 3.35. The predicted octanol–water partition coefficient (Wildman–Crippen LogP) is 3.60. The van der Waals surface area contributed by atoms with Crippen LogP contribution in [0.5, 0.6) is 0 Å². The maximum Gasteiger partial charge on any atom is 0.273 e. The van der Waals surface area contributed by atoms with E-state index < -0.39 is 0 Å². The molecule has 0 aromatic heterocycles. The third-order valence-electron chi connectivity index (χ3n) is 4.05. The number of nitrogens with two attached hydrogens (primary N) is 1. The number of nitrogens with zero attached hydrogens (tertiary/aromatic N) is 1. The van der Waals surface area contributed by atoms with Crippen molar-refractivity contribution in [2.45, 2.75) is 38.6 Å². The van der Waals surface area contributed by atoms with E-state index in [9.17, 15) is 10.1 Å². The van der Waals surface area contributed by atoms with Gasteiger partial charge in [-0.1, -0.05) is 12.8 Å². The van der Waals surface area contributed by atoms with Gasteiger partial charge in [0.05, 0.1) is 4.92 Å². The molecule has 1 aromatic rings. The Hall–Kier alpha value is -1.14. The van der Waals surface area contributed by atoms with Crippen molar-refractivity contribution in [1.82, 2.24) is 0 Å². The molecule has 0 aliphatic heterocycles. The standard InChI is InChI=1S/C14H20BrN3O2/c1-9-6-12(11(15)7-14(9)18(19)20)17-13(8-16)10-4-2-3-5-10/h6-7,10,13,17H,2-5,8,16H2,1H3. The Morgan fingerprint density at radius 1 is 1.50 bits per heavy atom. The highest BCUT2D eigenvalue weighted by molar-refractivity contribution is 9.10. The smallest absolute Gasteiger partial charge is 0.273 e. The highest BCUT2D eigenvalue weighted by Gasteiger charge is 2.25. The second-order valence-electron chi connectivity index (χ2n) is 5.41. The average Bonchev–Trinajstić information content (AvgIpc) is 2.92. The third-order valence-corrected chi connectivity index (χ3v) is 4.70. The number of nitrogens with one attached hydrogen (secondary N) is 1. The van der Waals surface area contributed by atoms with E-state index in [0.717, 1.165) is 5.69 Å². The van der Waals surface area contributed by atoms with Crippen LogP contribution < -0.4 is 11.1 Å². The van der Waals surface area contributed by atoms with Crippen LogP contribution in [0.4, 0.5) is 11.4 Å². The van der Waals surface area contributed by atoms with Gasteiger partial charge < -0.3 is 11.1 Å². The van der Waals surface area contributed by atoms with Gasteiger partial charge in [-0.25, -0.2) is 0 Å². The van der Waals surface area contributed by atoms with Gasteiger partial charge in [0, 0.05) is 34.4 Å². The molecular formula is C14H20BrN3O2. The van der Waals surface area contributed by atoms with Crippen LogP contribution in [-0.4, -0.2) is 17.5 Å². The first-order chi connectivity index (χ1) is 9.52. The minimum Gasteiger partial charge on any atom is -0.380 e. The minimum absolute atomic E-state index is 0.132. The van der Waals surface area contributed by atoms with Gasteiger partial charge in [-0.3, -0.25) is 10.1 Å². The lowest BCUT2D eigenvalue weighted by atomic mass is 9.97. The van der Waals surface area contributed by atoms with Crippen LogP contribution in [0.2, 0.25) is 0 Å². The van der Waals surface area contributed by atoms with E-state index in [1.165, 1.54) is 25.7 Å². The molecule has 1 atom stereocenters. The van der Waals surface area contributed by atoms with Crippen molar-refractivity contribution in [3.8, 4) is 0 Å². The summed E-state index contributed by atoms with van der Waals surface area (Å²) in [5, 5.41) is 14.4. The lowest BCUT2D eigenvalue weighted by Gasteiger charge is -2.25. The van der Waals surface area contributed by atoms with Gasteiger partial charge in [0.25, 0.3) is 5.69 Å². The van der Waals surface area contributed by atoms with Gasteiger partial charge in [-0.2, -0.15) is 0 Å². The van der Waals surface area contributed by atoms with Crippen LogP contribution >= 0.6 is 15.9 Å². The number of hydrogen-bond acceptors (Lipinski definition) is 4. The van der Waals surface area contributed by atoms with Crippen molar-refractivity contribution in [3.05, 3.63) is 32.3 Å². The van der Waals surface area contributed by atoms with Crippen LogP contribution in [0.1, 0.15) is 31.2 Å². The second-order valence-corrected chi connectivity index (χ2v) is 6.26. The molecule has 0 heterocycles. The van der Waals surface area contributed by atoms with Crippen molar-refractivity contribution >= 4 is 27.3 Å². The zero-order valence-electron chi connectivity index (χ0n) is 11.6. The van der Waals surface area contributed by atoms with Gasteiger partial charge >= 0.3 is 0 Å². The molecule has 1 aromatic carbocycles. The zero-order valence-corrected chi connectivity index (χ0v) is 13.1. The van der Waals surface area contributed by atoms with Gasteiger partial charge in [0.2, 0.25) is 0 Å². The van der Waals surface area contributed by atoms with Crippen molar-refractivity contribution in [1.29, 1.82) is 0 Å². The molecule has 0 radical (unpaired) electrons. The number of rotatable bonds is 5. The quantitative estimate of drug-likeness (QED) is 0.633. The molecule has 1 aliphatic carbocycles. The Labute approximate surface area is 127 Å². The summed E-state index contributed by atoms with van der Waals surface area (Å²) in [5.74, 6) is 0.599. The van der Waals surface area contributed by atoms with Crippen molar-refractivity contribution in [3.63, 3.8) is 0 Å². The summed E-state index contributed by atoms with van der Waals surface area (Å²) in [6, 6.07) is 3.61. The minimum atomic E-state index is -0.360. The van der Waals surface area contributed by atoms with E-state index in [2.05, 4.69) is 21.2 Å². The number of benzene rings is 1. The van der Waals surface area contributed by atoms with Gasteiger partial charge in [0.1, 0.15) is 0 Å². The average molecular weight is 342 g/mol. The monoisotopic (exact) mass is 341 g/mol. The first kappa shape index (κ1) is 15.3. The molecule has 0 spiro atoms. The van der Waals surface area contributed by atoms with Gasteiger partial charge in [-0.15, -0.1) is 0 Å². The Balaban J connectivity index is 2.19. The van der Waals surface area contributed by atoms with E-state index in [4.69, 9.17) is 5.73 Å². The number of nitro groups is 1. The summed E-state index contributed by atoms with van der Waals surface area (Å²) < 4.78 is 0.714. The first-order valence-electron chi connectivity index (χ1n) is 6.94. The highest BCUT2D eigenvalue weighted by atomic mass is 79.9. The van der Waals surface area contributed by atoms with Crippen LogP contribution in [0, 0.1) is 23.0 Å². The summed E-state index contributed by atoms with van der Waals surface area (Å²) in [6.07, 6.45) is 4.95. The summed E-state index contributed by atoms with van der Waals surface area (Å²) in [4.78, 5) is 10.6. The Morgan fingerprint density at radius 2 is 2.15 bits per heavy atom. The first-order valence-corrected chi connectivity index (χ1v) is 7.73. The van der Waals surface area contributed by atoms with Gasteiger partial charge in [0.15, 0.2) is 0 Å². The Bertz CT molecular complexity index is 501. The fourth-order valence-electron chi connectivity index (χ4n) is 2.91. The second kappa shape index (κ2) is 6.54. The van der Waals surface area contributed by atoms with Crippen LogP contribution in [0.25, 0.3) is 0 Å². The third kappa shape index (κ3) is 3.30. The molecule has 1 saturated carbocycles. The van der Waals surface area contributed by atoms with Crippen molar-refractivity contribution < 1.29 is 4.92 Å². The maximum absolute atomic E-state index is 10.9. The molecule has 0 saturated heterocycles. The topological polar surface area (TPSA) is 81.2 Å². The molecule has 0 amide bonds. The van der Waals surface area contributed by atoms with Crippen molar-refractivity contribution in [2.75, 3.05) is 11.9 Å². The van der Waals surface area contributed by atoms with E-state index in [1.807, 2.05) is 6.07 Å². The van der Waals surface area contributed by atoms with Gasteiger partial charge in [-0.05, 0) is 47.7 Å². The molecule has 110 valence electrons. The largest absolute Gasteiger partial charge is 0.380 e. The van der Waals surface area contributed by atoms with Crippen LogP contribution in [0.15, 0.2) is 16.6 Å². The number of nitro benzene ring substituents is 1. The number of aryl methyl sites for hydroxylation is 1. The Kier molecular flexibility index (Phi) is 4.99. The normalized spacial score (nSPS) is 17.1. The van der Waals surface area contributed by atoms with E-state index in [1.54, 1.807) is 13.0 Å². The molecular weight excluding hydrogens is 322 g/mol. The molecule has 1 fully saturated rings. The zero-order chi connectivity index (χ0) is 14.7. The number of anilines is 1. The fraction of sp³-hybridized carbons (Fsp3) is 0.571. The summed E-state index contributed by atoms with van der Waals surface area (Å²) in [7, 11) is 0. The lowest BCUT2D eigenvalue weighted by Crippen LogP contribution is -2.35. The summed E-state index contributed by atoms with van der Waals surface area (Å²) >= 11 is 3.41. The van der Waals surface area contributed by atoms with Crippen LogP contribution in [0.3, 0.4) is 0 Å². The van der Waals surface area contributed by atoms with E-state index in [0.29, 0.717) is 22.5 Å². The van der Waals surface area contributed by atoms with E-state index >= 15 is 0 Å².